The van der Waals surface area contributed by atoms with Gasteiger partial charge in [-0.2, -0.15) is 14.8 Å². The first-order chi connectivity index (χ1) is 17.4. The molecule has 0 saturated carbocycles. The summed E-state index contributed by atoms with van der Waals surface area (Å²) in [5.41, 5.74) is 1.13. The molecule has 2 aliphatic rings. The molecule has 3 aromatic rings. The number of piperidine rings is 2. The molecule has 2 aliphatic heterocycles. The largest absolute Gasteiger partial charge is 0.387 e. The van der Waals surface area contributed by atoms with Crippen molar-refractivity contribution in [3.05, 3.63) is 35.6 Å². The van der Waals surface area contributed by atoms with Crippen LogP contribution in [0.25, 0.3) is 16.9 Å². The minimum Gasteiger partial charge on any atom is -0.387 e. The average molecular weight is 537 g/mol. The van der Waals surface area contributed by atoms with Crippen LogP contribution in [0.5, 0.6) is 0 Å². The molecular weight excluding hydrogens is 503 g/mol. The fourth-order valence-electron chi connectivity index (χ4n) is 5.56. The highest BCUT2D eigenvalue weighted by Crippen LogP contribution is 2.33. The summed E-state index contributed by atoms with van der Waals surface area (Å²) in [6.45, 7) is 6.47. The Labute approximate surface area is 221 Å². The van der Waals surface area contributed by atoms with Crippen molar-refractivity contribution in [2.45, 2.75) is 57.1 Å². The number of hydrogen-bond donors (Lipinski definition) is 1. The summed E-state index contributed by atoms with van der Waals surface area (Å²) in [5, 5.41) is 18.6. The topological polar surface area (TPSA) is 110 Å². The van der Waals surface area contributed by atoms with E-state index < -0.39 is 6.61 Å². The number of hydrogen-bond acceptors (Lipinski definition) is 8. The van der Waals surface area contributed by atoms with E-state index in [0.717, 1.165) is 36.9 Å². The molecule has 0 aliphatic carbocycles. The number of ether oxygens (including phenoxy) is 1. The number of nitrogens with zero attached hydrogens (tertiary/aromatic N) is 6. The van der Waals surface area contributed by atoms with Crippen LogP contribution < -0.4 is 0 Å². The van der Waals surface area contributed by atoms with Crippen LogP contribution in [0.4, 0.5) is 4.39 Å². The Morgan fingerprint density at radius 3 is 2.68 bits per heavy atom. The summed E-state index contributed by atoms with van der Waals surface area (Å²) in [7, 11) is 1.69. The van der Waals surface area contributed by atoms with Crippen molar-refractivity contribution in [1.29, 1.82) is 0 Å². The number of aliphatic hydroxyl groups excluding tert-OH is 1. The van der Waals surface area contributed by atoms with Crippen molar-refractivity contribution < 1.29 is 23.6 Å². The van der Waals surface area contributed by atoms with Crippen molar-refractivity contribution in [2.24, 2.45) is 0 Å². The number of benzene rings is 1. The Morgan fingerprint density at radius 1 is 1.24 bits per heavy atom. The fourth-order valence-corrected chi connectivity index (χ4v) is 5.56. The molecule has 1 amide bonds. The van der Waals surface area contributed by atoms with Crippen molar-refractivity contribution >= 4 is 29.2 Å². The molecule has 1 aromatic carbocycles. The van der Waals surface area contributed by atoms with E-state index in [1.807, 2.05) is 19.9 Å². The molecule has 0 bridgehead atoms. The van der Waals surface area contributed by atoms with Crippen molar-refractivity contribution in [1.82, 2.24) is 29.7 Å². The molecule has 2 saturated heterocycles. The molecule has 0 spiro atoms. The first kappa shape index (κ1) is 27.4. The molecule has 0 unspecified atom stereocenters. The molecule has 2 atom stereocenters. The van der Waals surface area contributed by atoms with E-state index in [9.17, 15) is 9.18 Å². The zero-order chi connectivity index (χ0) is 25.4. The molecule has 37 heavy (non-hydrogen) atoms. The summed E-state index contributed by atoms with van der Waals surface area (Å²) in [4.78, 5) is 20.5. The number of carbonyl (C=O) groups is 1. The zero-order valence-electron chi connectivity index (χ0n) is 21.3. The van der Waals surface area contributed by atoms with Crippen LogP contribution >= 0.6 is 12.4 Å². The van der Waals surface area contributed by atoms with E-state index in [4.69, 9.17) is 14.4 Å². The van der Waals surface area contributed by atoms with E-state index in [-0.39, 0.29) is 48.0 Å². The number of fused-ring (bicyclic) bond motifs is 1. The van der Waals surface area contributed by atoms with Gasteiger partial charge in [-0.25, -0.2) is 4.39 Å². The number of carbonyl (C=O) groups excluding carboxylic acids is 1. The predicted octanol–water partition coefficient (Wildman–Crippen LogP) is 2.88. The predicted molar refractivity (Wildman–Crippen MR) is 137 cm³/mol. The standard InChI is InChI=1S/C25H33FN6O4.ClH/c1-15(2)22-18-5-4-6-19(26)23(18)32(28-22)25-27-24(36-29-25)17-9-12-31(13-20(17)35-3)16-7-10-30(11-8-16)21(34)14-33;/h4-6,15-17,20,33H,7-14H2,1-3H3;1H/t17-,20+;/m0./s1. The quantitative estimate of drug-likeness (QED) is 0.512. The van der Waals surface area contributed by atoms with Gasteiger partial charge in [-0.3, -0.25) is 9.69 Å². The molecule has 2 fully saturated rings. The third kappa shape index (κ3) is 5.22. The van der Waals surface area contributed by atoms with Gasteiger partial charge in [-0.1, -0.05) is 26.0 Å². The minimum absolute atomic E-state index is 0. The maximum Gasteiger partial charge on any atom is 0.291 e. The second-order valence-electron chi connectivity index (χ2n) is 9.95. The maximum absolute atomic E-state index is 14.8. The zero-order valence-corrected chi connectivity index (χ0v) is 22.2. The Hall–Kier alpha value is -2.60. The molecule has 12 heteroatoms. The van der Waals surface area contributed by atoms with Crippen LogP contribution in [0.2, 0.25) is 0 Å². The van der Waals surface area contributed by atoms with Crippen molar-refractivity contribution in [3.8, 4) is 5.95 Å². The lowest BCUT2D eigenvalue weighted by Crippen LogP contribution is -2.52. The maximum atomic E-state index is 14.8. The van der Waals surface area contributed by atoms with E-state index in [2.05, 4.69) is 20.1 Å². The number of para-hydroxylation sites is 1. The Bertz CT molecular complexity index is 1230. The molecule has 202 valence electrons. The van der Waals surface area contributed by atoms with Crippen LogP contribution in [-0.4, -0.2) is 92.8 Å². The number of halogens is 2. The molecule has 1 N–H and O–H groups in total. The third-order valence-corrected chi connectivity index (χ3v) is 7.53. The lowest BCUT2D eigenvalue weighted by molar-refractivity contribution is -0.136. The minimum atomic E-state index is -0.437. The summed E-state index contributed by atoms with van der Waals surface area (Å²) < 4.78 is 27.7. The molecule has 4 heterocycles. The summed E-state index contributed by atoms with van der Waals surface area (Å²) >= 11 is 0. The van der Waals surface area contributed by atoms with Crippen LogP contribution in [-0.2, 0) is 9.53 Å². The number of methoxy groups -OCH3 is 1. The molecular formula is C25H34ClFN6O4. The molecule has 2 aromatic heterocycles. The number of likely N-dealkylation sites (tertiary alicyclic amines) is 2. The smallest absolute Gasteiger partial charge is 0.291 e. The summed E-state index contributed by atoms with van der Waals surface area (Å²) in [6.07, 6.45) is 2.38. The highest BCUT2D eigenvalue weighted by atomic mass is 35.5. The number of rotatable bonds is 6. The molecule has 10 nitrogen and oxygen atoms in total. The SMILES string of the molecule is CO[C@@H]1CN(C2CCN(C(=O)CO)CC2)CC[C@@H]1c1nc(-n2nc(C(C)C)c3cccc(F)c32)no1.Cl. The van der Waals surface area contributed by atoms with Gasteiger partial charge in [-0.05, 0) is 42.9 Å². The van der Waals surface area contributed by atoms with Gasteiger partial charge in [-0.15, -0.1) is 12.4 Å². The second-order valence-corrected chi connectivity index (χ2v) is 9.95. The van der Waals surface area contributed by atoms with Crippen molar-refractivity contribution in [3.63, 3.8) is 0 Å². The van der Waals surface area contributed by atoms with E-state index in [0.29, 0.717) is 37.1 Å². The first-order valence-corrected chi connectivity index (χ1v) is 12.6. The molecule has 0 radical (unpaired) electrons. The Morgan fingerprint density at radius 2 is 2.00 bits per heavy atom. The van der Waals surface area contributed by atoms with Gasteiger partial charge in [0.2, 0.25) is 11.8 Å². The lowest BCUT2D eigenvalue weighted by atomic mass is 9.91. The van der Waals surface area contributed by atoms with Crippen molar-refractivity contribution in [2.75, 3.05) is 39.9 Å². The van der Waals surface area contributed by atoms with Gasteiger partial charge in [0, 0.05) is 38.2 Å². The van der Waals surface area contributed by atoms with Gasteiger partial charge in [0.05, 0.1) is 17.7 Å². The van der Waals surface area contributed by atoms with Gasteiger partial charge in [0.15, 0.2) is 0 Å². The normalized spacial score (nSPS) is 21.5. The van der Waals surface area contributed by atoms with Crippen LogP contribution in [0, 0.1) is 5.82 Å². The Balaban J connectivity index is 0.00000320. The van der Waals surface area contributed by atoms with Crippen LogP contribution in [0.1, 0.15) is 56.5 Å². The highest BCUT2D eigenvalue weighted by Gasteiger charge is 2.38. The lowest BCUT2D eigenvalue weighted by Gasteiger charge is -2.43. The third-order valence-electron chi connectivity index (χ3n) is 7.53. The number of aliphatic hydroxyl groups is 1. The highest BCUT2D eigenvalue weighted by molar-refractivity contribution is 5.85. The monoisotopic (exact) mass is 536 g/mol. The van der Waals surface area contributed by atoms with Gasteiger partial charge in [0.25, 0.3) is 5.95 Å². The molecule has 5 rings (SSSR count). The van der Waals surface area contributed by atoms with E-state index >= 15 is 0 Å². The summed E-state index contributed by atoms with van der Waals surface area (Å²) in [5.74, 6) is 0.112. The number of amides is 1. The van der Waals surface area contributed by atoms with Gasteiger partial charge < -0.3 is 19.3 Å². The van der Waals surface area contributed by atoms with Gasteiger partial charge >= 0.3 is 0 Å². The van der Waals surface area contributed by atoms with E-state index in [1.54, 1.807) is 18.1 Å². The summed E-state index contributed by atoms with van der Waals surface area (Å²) in [6, 6.07) is 5.31. The van der Waals surface area contributed by atoms with Crippen LogP contribution in [0.3, 0.4) is 0 Å². The van der Waals surface area contributed by atoms with Gasteiger partial charge in [0.1, 0.15) is 17.9 Å². The Kier molecular flexibility index (Phi) is 8.47. The fraction of sp³-hybridized carbons (Fsp3) is 0.600. The second kappa shape index (κ2) is 11.4. The van der Waals surface area contributed by atoms with Crippen LogP contribution in [0.15, 0.2) is 22.7 Å². The number of aromatic nitrogens is 4. The average Bonchev–Trinajstić information content (AvgIpc) is 3.54. The first-order valence-electron chi connectivity index (χ1n) is 12.6. The van der Waals surface area contributed by atoms with E-state index in [1.165, 1.54) is 10.7 Å².